The number of rotatable bonds is 3. The van der Waals surface area contributed by atoms with Gasteiger partial charge in [-0.3, -0.25) is 4.79 Å². The van der Waals surface area contributed by atoms with Gasteiger partial charge in [0.1, 0.15) is 6.54 Å². The lowest BCUT2D eigenvalue weighted by atomic mass is 10.1. The highest BCUT2D eigenvalue weighted by Crippen LogP contribution is 2.22. The molecule has 0 spiro atoms. The Labute approximate surface area is 84.9 Å². The quantitative estimate of drug-likeness (QED) is 0.716. The third-order valence-corrected chi connectivity index (χ3v) is 2.15. The Hall–Kier alpha value is -1.08. The molecule has 0 saturated carbocycles. The van der Waals surface area contributed by atoms with E-state index in [1.54, 1.807) is 0 Å². The topological polar surface area (TPSA) is 58.4 Å². The molecule has 0 radical (unpaired) electrons. The second kappa shape index (κ2) is 4.19. The first-order valence-electron chi connectivity index (χ1n) is 4.36. The fourth-order valence-corrected chi connectivity index (χ4v) is 1.36. The molecule has 7 heteroatoms. The van der Waals surface area contributed by atoms with Crippen LogP contribution in [0, 0.1) is 0 Å². The Morgan fingerprint density at radius 2 is 2.20 bits per heavy atom. The molecular formula is C8H12F3N3O. The lowest BCUT2D eigenvalue weighted by molar-refractivity contribution is -0.145. The number of carbonyl (C=O) groups is 1. The Bertz CT molecular complexity index is 298. The standard InChI is InChI=1S/C8H12F3N3O/c1-5-6(7(15)2-12)3-13-14(5)4-8(9,10)11/h13H,2-4,12H2,1H3. The van der Waals surface area contributed by atoms with E-state index in [4.69, 9.17) is 5.73 Å². The first-order chi connectivity index (χ1) is 6.85. The second-order valence-corrected chi connectivity index (χ2v) is 3.23. The minimum absolute atomic E-state index is 0.109. The summed E-state index contributed by atoms with van der Waals surface area (Å²) in [5.41, 5.74) is 8.24. The van der Waals surface area contributed by atoms with Crippen LogP contribution in [-0.4, -0.2) is 36.6 Å². The largest absolute Gasteiger partial charge is 0.407 e. The van der Waals surface area contributed by atoms with E-state index < -0.39 is 12.7 Å². The van der Waals surface area contributed by atoms with Gasteiger partial charge in [0.25, 0.3) is 0 Å². The predicted octanol–water partition coefficient (Wildman–Crippen LogP) is 0.171. The Balaban J connectivity index is 2.74. The molecule has 0 aromatic heterocycles. The number of alkyl halides is 3. The van der Waals surface area contributed by atoms with E-state index in [1.165, 1.54) is 6.92 Å². The van der Waals surface area contributed by atoms with Gasteiger partial charge >= 0.3 is 6.18 Å². The number of hydrogen-bond donors (Lipinski definition) is 2. The number of nitrogens with one attached hydrogen (secondary N) is 1. The van der Waals surface area contributed by atoms with E-state index in [1.807, 2.05) is 0 Å². The molecule has 86 valence electrons. The molecule has 1 aliphatic rings. The van der Waals surface area contributed by atoms with Crippen molar-refractivity contribution in [2.45, 2.75) is 13.1 Å². The fourth-order valence-electron chi connectivity index (χ4n) is 1.36. The molecule has 4 nitrogen and oxygen atoms in total. The van der Waals surface area contributed by atoms with Gasteiger partial charge in [-0.1, -0.05) is 0 Å². The van der Waals surface area contributed by atoms with E-state index in [0.29, 0.717) is 11.3 Å². The zero-order chi connectivity index (χ0) is 11.6. The van der Waals surface area contributed by atoms with Crippen LogP contribution < -0.4 is 11.2 Å². The van der Waals surface area contributed by atoms with Crippen molar-refractivity contribution in [3.8, 4) is 0 Å². The van der Waals surface area contributed by atoms with Crippen LogP contribution in [0.3, 0.4) is 0 Å². The summed E-state index contributed by atoms with van der Waals surface area (Å²) < 4.78 is 36.2. The SMILES string of the molecule is CC1=C(C(=O)CN)CNN1CC(F)(F)F. The van der Waals surface area contributed by atoms with Crippen molar-refractivity contribution >= 4 is 5.78 Å². The number of allylic oxidation sites excluding steroid dienone is 1. The number of nitrogens with zero attached hydrogens (tertiary/aromatic N) is 1. The van der Waals surface area contributed by atoms with Gasteiger partial charge in [0.05, 0.1) is 6.54 Å². The summed E-state index contributed by atoms with van der Waals surface area (Å²) in [6, 6.07) is 0. The minimum Gasteiger partial charge on any atom is -0.324 e. The predicted molar refractivity (Wildman–Crippen MR) is 47.5 cm³/mol. The number of Topliss-reactive ketones (excluding diaryl/α,β-unsaturated/α-hetero) is 1. The number of nitrogens with two attached hydrogens (primary N) is 1. The van der Waals surface area contributed by atoms with Gasteiger partial charge in [0.15, 0.2) is 5.78 Å². The molecule has 0 aliphatic carbocycles. The lowest BCUT2D eigenvalue weighted by Crippen LogP contribution is -2.39. The molecule has 0 aromatic rings. The molecule has 0 amide bonds. The smallest absolute Gasteiger partial charge is 0.324 e. The molecule has 0 fully saturated rings. The number of hydrazine groups is 1. The van der Waals surface area contributed by atoms with Crippen molar-refractivity contribution in [2.24, 2.45) is 5.73 Å². The molecular weight excluding hydrogens is 211 g/mol. The van der Waals surface area contributed by atoms with Crippen molar-refractivity contribution in [1.29, 1.82) is 0 Å². The number of ketones is 1. The number of halogens is 3. The fraction of sp³-hybridized carbons (Fsp3) is 0.625. The molecule has 1 aliphatic heterocycles. The average molecular weight is 223 g/mol. The zero-order valence-corrected chi connectivity index (χ0v) is 8.19. The highest BCUT2D eigenvalue weighted by Gasteiger charge is 2.34. The van der Waals surface area contributed by atoms with Crippen LogP contribution in [0.1, 0.15) is 6.92 Å². The normalized spacial score (nSPS) is 17.5. The van der Waals surface area contributed by atoms with Crippen molar-refractivity contribution in [1.82, 2.24) is 10.4 Å². The van der Waals surface area contributed by atoms with Crippen LogP contribution >= 0.6 is 0 Å². The highest BCUT2D eigenvalue weighted by molar-refractivity contribution is 5.98. The van der Waals surface area contributed by atoms with Gasteiger partial charge in [-0.15, -0.1) is 0 Å². The summed E-state index contributed by atoms with van der Waals surface area (Å²) in [5.74, 6) is -0.329. The summed E-state index contributed by atoms with van der Waals surface area (Å²) >= 11 is 0. The molecule has 0 saturated heterocycles. The monoisotopic (exact) mass is 223 g/mol. The van der Waals surface area contributed by atoms with Crippen molar-refractivity contribution in [3.63, 3.8) is 0 Å². The third kappa shape index (κ3) is 2.93. The third-order valence-electron chi connectivity index (χ3n) is 2.15. The first kappa shape index (κ1) is 12.0. The van der Waals surface area contributed by atoms with Crippen LogP contribution in [0.5, 0.6) is 0 Å². The Kier molecular flexibility index (Phi) is 3.35. The van der Waals surface area contributed by atoms with Crippen LogP contribution in [-0.2, 0) is 4.79 Å². The van der Waals surface area contributed by atoms with Gasteiger partial charge < -0.3 is 10.7 Å². The second-order valence-electron chi connectivity index (χ2n) is 3.23. The van der Waals surface area contributed by atoms with E-state index in [-0.39, 0.29) is 18.9 Å². The highest BCUT2D eigenvalue weighted by atomic mass is 19.4. The molecule has 0 bridgehead atoms. The molecule has 1 rings (SSSR count). The zero-order valence-electron chi connectivity index (χ0n) is 8.19. The van der Waals surface area contributed by atoms with Gasteiger partial charge in [-0.2, -0.15) is 13.2 Å². The molecule has 1 heterocycles. The summed E-state index contributed by atoms with van der Waals surface area (Å²) in [6.45, 7) is 0.279. The molecule has 0 unspecified atom stereocenters. The summed E-state index contributed by atoms with van der Waals surface area (Å²) in [6.07, 6.45) is -4.30. The van der Waals surface area contributed by atoms with E-state index in [9.17, 15) is 18.0 Å². The summed E-state index contributed by atoms with van der Waals surface area (Å²) in [5, 5.41) is 0.920. The van der Waals surface area contributed by atoms with Gasteiger partial charge in [-0.05, 0) is 6.92 Å². The minimum atomic E-state index is -4.30. The van der Waals surface area contributed by atoms with Crippen LogP contribution in [0.4, 0.5) is 13.2 Å². The van der Waals surface area contributed by atoms with Crippen LogP contribution in [0.15, 0.2) is 11.3 Å². The molecule has 15 heavy (non-hydrogen) atoms. The average Bonchev–Trinajstić information content (AvgIpc) is 2.45. The van der Waals surface area contributed by atoms with E-state index in [2.05, 4.69) is 5.43 Å². The number of hydrogen-bond acceptors (Lipinski definition) is 4. The maximum atomic E-state index is 12.1. The van der Waals surface area contributed by atoms with E-state index >= 15 is 0 Å². The van der Waals surface area contributed by atoms with Crippen molar-refractivity contribution in [2.75, 3.05) is 19.6 Å². The lowest BCUT2D eigenvalue weighted by Gasteiger charge is -2.21. The molecule has 3 N–H and O–H groups in total. The first-order valence-corrected chi connectivity index (χ1v) is 4.36. The van der Waals surface area contributed by atoms with Crippen LogP contribution in [0.2, 0.25) is 0 Å². The van der Waals surface area contributed by atoms with Gasteiger partial charge in [0.2, 0.25) is 0 Å². The summed E-state index contributed by atoms with van der Waals surface area (Å²) in [7, 11) is 0. The van der Waals surface area contributed by atoms with Crippen molar-refractivity contribution < 1.29 is 18.0 Å². The Morgan fingerprint density at radius 3 is 2.67 bits per heavy atom. The maximum absolute atomic E-state index is 12.1. The van der Waals surface area contributed by atoms with Gasteiger partial charge in [0, 0.05) is 17.8 Å². The van der Waals surface area contributed by atoms with E-state index in [0.717, 1.165) is 5.01 Å². The molecule has 0 aromatic carbocycles. The number of carbonyl (C=O) groups excluding carboxylic acids is 1. The Morgan fingerprint density at radius 1 is 1.60 bits per heavy atom. The maximum Gasteiger partial charge on any atom is 0.407 e. The van der Waals surface area contributed by atoms with Crippen molar-refractivity contribution in [3.05, 3.63) is 11.3 Å². The van der Waals surface area contributed by atoms with Crippen LogP contribution in [0.25, 0.3) is 0 Å². The van der Waals surface area contributed by atoms with Gasteiger partial charge in [-0.25, -0.2) is 5.43 Å². The summed E-state index contributed by atoms with van der Waals surface area (Å²) in [4.78, 5) is 11.2. The molecule has 0 atom stereocenters.